The molecule has 3 rings (SSSR count). The van der Waals surface area contributed by atoms with Crippen LogP contribution in [-0.2, 0) is 13.1 Å². The molecular formula is C21H26N2O2. The summed E-state index contributed by atoms with van der Waals surface area (Å²) >= 11 is 0. The Morgan fingerprint density at radius 3 is 2.44 bits per heavy atom. The van der Waals surface area contributed by atoms with E-state index in [-0.39, 0.29) is 5.91 Å². The van der Waals surface area contributed by atoms with Gasteiger partial charge in [0.2, 0.25) is 0 Å². The van der Waals surface area contributed by atoms with Crippen LogP contribution in [0.3, 0.4) is 0 Å². The van der Waals surface area contributed by atoms with E-state index in [2.05, 4.69) is 22.3 Å². The zero-order valence-electron chi connectivity index (χ0n) is 15.0. The van der Waals surface area contributed by atoms with Crippen molar-refractivity contribution in [2.24, 2.45) is 0 Å². The monoisotopic (exact) mass is 338 g/mol. The van der Waals surface area contributed by atoms with Gasteiger partial charge in [0.1, 0.15) is 5.75 Å². The van der Waals surface area contributed by atoms with E-state index in [1.165, 1.54) is 31.5 Å². The molecule has 0 spiro atoms. The summed E-state index contributed by atoms with van der Waals surface area (Å²) < 4.78 is 5.33. The van der Waals surface area contributed by atoms with Gasteiger partial charge in [-0.15, -0.1) is 0 Å². The number of methoxy groups -OCH3 is 1. The molecular weight excluding hydrogens is 312 g/mol. The van der Waals surface area contributed by atoms with E-state index in [1.54, 1.807) is 7.11 Å². The molecule has 1 heterocycles. The van der Waals surface area contributed by atoms with E-state index < -0.39 is 0 Å². The molecule has 0 unspecified atom stereocenters. The Bertz CT molecular complexity index is 719. The number of rotatable bonds is 6. The summed E-state index contributed by atoms with van der Waals surface area (Å²) in [6.45, 7) is 5.84. The minimum Gasteiger partial charge on any atom is -0.496 e. The summed E-state index contributed by atoms with van der Waals surface area (Å²) in [6, 6.07) is 13.9. The van der Waals surface area contributed by atoms with Gasteiger partial charge in [-0.3, -0.25) is 9.69 Å². The molecule has 1 amide bonds. The lowest BCUT2D eigenvalue weighted by atomic mass is 10.1. The summed E-state index contributed by atoms with van der Waals surface area (Å²) in [4.78, 5) is 14.8. The average molecular weight is 338 g/mol. The number of hydrogen-bond donors (Lipinski definition) is 1. The maximum Gasteiger partial charge on any atom is 0.251 e. The minimum absolute atomic E-state index is 0.0488. The second-order valence-corrected chi connectivity index (χ2v) is 6.67. The Hall–Kier alpha value is -2.33. The molecule has 0 radical (unpaired) electrons. The Balaban J connectivity index is 1.55. The smallest absolute Gasteiger partial charge is 0.251 e. The molecule has 132 valence electrons. The lowest BCUT2D eigenvalue weighted by Gasteiger charge is -2.14. The molecule has 1 N–H and O–H groups in total. The van der Waals surface area contributed by atoms with E-state index in [1.807, 2.05) is 37.3 Å². The van der Waals surface area contributed by atoms with Gasteiger partial charge in [-0.25, -0.2) is 0 Å². The highest BCUT2D eigenvalue weighted by Crippen LogP contribution is 2.19. The molecule has 1 saturated heterocycles. The third-order valence-corrected chi connectivity index (χ3v) is 4.75. The fourth-order valence-electron chi connectivity index (χ4n) is 3.22. The third kappa shape index (κ3) is 4.60. The number of hydrogen-bond acceptors (Lipinski definition) is 3. The summed E-state index contributed by atoms with van der Waals surface area (Å²) in [6.07, 6.45) is 2.59. The minimum atomic E-state index is -0.0488. The van der Waals surface area contributed by atoms with Crippen molar-refractivity contribution in [2.45, 2.75) is 32.9 Å². The number of likely N-dealkylation sites (tertiary alicyclic amines) is 1. The van der Waals surface area contributed by atoms with Gasteiger partial charge in [-0.1, -0.05) is 24.3 Å². The maximum absolute atomic E-state index is 12.3. The Morgan fingerprint density at radius 2 is 1.76 bits per heavy atom. The number of benzene rings is 2. The predicted molar refractivity (Wildman–Crippen MR) is 99.9 cm³/mol. The first-order chi connectivity index (χ1) is 12.2. The van der Waals surface area contributed by atoms with Gasteiger partial charge < -0.3 is 10.1 Å². The number of carbonyl (C=O) groups excluding carboxylic acids is 1. The van der Waals surface area contributed by atoms with Crippen molar-refractivity contribution in [3.8, 4) is 5.75 Å². The Kier molecular flexibility index (Phi) is 5.71. The van der Waals surface area contributed by atoms with Crippen molar-refractivity contribution >= 4 is 5.91 Å². The molecule has 4 nitrogen and oxygen atoms in total. The van der Waals surface area contributed by atoms with E-state index in [4.69, 9.17) is 4.74 Å². The second kappa shape index (κ2) is 8.17. The van der Waals surface area contributed by atoms with Crippen LogP contribution in [0, 0.1) is 6.92 Å². The van der Waals surface area contributed by atoms with Crippen molar-refractivity contribution < 1.29 is 9.53 Å². The lowest BCUT2D eigenvalue weighted by Crippen LogP contribution is -2.23. The highest BCUT2D eigenvalue weighted by molar-refractivity contribution is 5.94. The first-order valence-corrected chi connectivity index (χ1v) is 8.89. The molecule has 1 aliphatic heterocycles. The van der Waals surface area contributed by atoms with Gasteiger partial charge in [0, 0.05) is 18.7 Å². The third-order valence-electron chi connectivity index (χ3n) is 4.75. The summed E-state index contributed by atoms with van der Waals surface area (Å²) in [5.41, 5.74) is 4.08. The van der Waals surface area contributed by atoms with Crippen LogP contribution in [0.2, 0.25) is 0 Å². The largest absolute Gasteiger partial charge is 0.496 e. The fourth-order valence-corrected chi connectivity index (χ4v) is 3.22. The molecule has 0 bridgehead atoms. The molecule has 1 aliphatic rings. The van der Waals surface area contributed by atoms with Gasteiger partial charge in [-0.05, 0) is 67.7 Å². The van der Waals surface area contributed by atoms with Gasteiger partial charge in [0.05, 0.1) is 7.11 Å². The fraction of sp³-hybridized carbons (Fsp3) is 0.381. The number of ether oxygens (including phenoxy) is 1. The van der Waals surface area contributed by atoms with Crippen LogP contribution >= 0.6 is 0 Å². The van der Waals surface area contributed by atoms with Gasteiger partial charge in [0.15, 0.2) is 0 Å². The molecule has 1 fully saturated rings. The number of aryl methyl sites for hydroxylation is 1. The van der Waals surface area contributed by atoms with E-state index in [0.717, 1.165) is 23.4 Å². The Labute approximate surface area is 149 Å². The van der Waals surface area contributed by atoms with Gasteiger partial charge >= 0.3 is 0 Å². The lowest BCUT2D eigenvalue weighted by molar-refractivity contribution is 0.0951. The molecule has 0 aromatic heterocycles. The maximum atomic E-state index is 12.3. The molecule has 2 aromatic carbocycles. The molecule has 4 heteroatoms. The second-order valence-electron chi connectivity index (χ2n) is 6.67. The summed E-state index contributed by atoms with van der Waals surface area (Å²) in [5, 5.41) is 2.97. The number of amides is 1. The van der Waals surface area contributed by atoms with Crippen LogP contribution < -0.4 is 10.1 Å². The molecule has 0 aliphatic carbocycles. The Morgan fingerprint density at radius 1 is 1.08 bits per heavy atom. The van der Waals surface area contributed by atoms with Crippen LogP contribution in [0.25, 0.3) is 0 Å². The van der Waals surface area contributed by atoms with Crippen molar-refractivity contribution in [3.05, 3.63) is 64.7 Å². The van der Waals surface area contributed by atoms with Crippen LogP contribution in [0.1, 0.15) is 39.9 Å². The van der Waals surface area contributed by atoms with Gasteiger partial charge in [0.25, 0.3) is 5.91 Å². The number of nitrogens with zero attached hydrogens (tertiary/aromatic N) is 1. The van der Waals surface area contributed by atoms with Crippen LogP contribution in [0.4, 0.5) is 0 Å². The first-order valence-electron chi connectivity index (χ1n) is 8.89. The zero-order chi connectivity index (χ0) is 17.6. The van der Waals surface area contributed by atoms with Crippen molar-refractivity contribution in [2.75, 3.05) is 20.2 Å². The van der Waals surface area contributed by atoms with Crippen LogP contribution in [0.5, 0.6) is 5.75 Å². The molecule has 2 aromatic rings. The number of carbonyl (C=O) groups is 1. The molecule has 25 heavy (non-hydrogen) atoms. The van der Waals surface area contributed by atoms with Crippen molar-refractivity contribution in [1.82, 2.24) is 10.2 Å². The molecule has 0 saturated carbocycles. The normalized spacial score (nSPS) is 14.5. The predicted octanol–water partition coefficient (Wildman–Crippen LogP) is 3.53. The zero-order valence-corrected chi connectivity index (χ0v) is 15.0. The summed E-state index contributed by atoms with van der Waals surface area (Å²) in [7, 11) is 1.66. The topological polar surface area (TPSA) is 41.6 Å². The highest BCUT2D eigenvalue weighted by atomic mass is 16.5. The molecule has 0 atom stereocenters. The SMILES string of the molecule is COc1cc(CNC(=O)c2ccc(CN3CCCC3)cc2)ccc1C. The number of nitrogens with one attached hydrogen (secondary N) is 1. The van der Waals surface area contributed by atoms with Crippen LogP contribution in [-0.4, -0.2) is 31.0 Å². The van der Waals surface area contributed by atoms with Gasteiger partial charge in [-0.2, -0.15) is 0 Å². The van der Waals surface area contributed by atoms with Crippen LogP contribution in [0.15, 0.2) is 42.5 Å². The van der Waals surface area contributed by atoms with E-state index >= 15 is 0 Å². The van der Waals surface area contributed by atoms with E-state index in [0.29, 0.717) is 12.1 Å². The summed E-state index contributed by atoms with van der Waals surface area (Å²) in [5.74, 6) is 0.797. The highest BCUT2D eigenvalue weighted by Gasteiger charge is 2.12. The van der Waals surface area contributed by atoms with Crippen molar-refractivity contribution in [1.29, 1.82) is 0 Å². The van der Waals surface area contributed by atoms with E-state index in [9.17, 15) is 4.79 Å². The van der Waals surface area contributed by atoms with Crippen molar-refractivity contribution in [3.63, 3.8) is 0 Å². The first kappa shape index (κ1) is 17.5. The quantitative estimate of drug-likeness (QED) is 0.876. The standard InChI is InChI=1S/C21H26N2O2/c1-16-5-6-18(13-20(16)25-2)14-22-21(24)19-9-7-17(8-10-19)15-23-11-3-4-12-23/h5-10,13H,3-4,11-12,14-15H2,1-2H3,(H,22,24). The average Bonchev–Trinajstić information content (AvgIpc) is 3.14.